The topological polar surface area (TPSA) is 59.4 Å². The molecule has 170 valence electrons. The van der Waals surface area contributed by atoms with Gasteiger partial charge in [-0.2, -0.15) is 0 Å². The van der Waals surface area contributed by atoms with Crippen molar-refractivity contribution in [3.8, 4) is 0 Å². The molecule has 1 aliphatic carbocycles. The Kier molecular flexibility index (Phi) is 6.65. The first-order valence-corrected chi connectivity index (χ1v) is 12.9. The SMILES string of the molecule is CCN(C(=O)Cn1cc(S(=O)(=O)Cc2ccc(F)cc2)c2ccccc21)C1CCCCC1. The van der Waals surface area contributed by atoms with Crippen molar-refractivity contribution in [1.82, 2.24) is 9.47 Å². The lowest BCUT2D eigenvalue weighted by Gasteiger charge is -2.33. The largest absolute Gasteiger partial charge is 0.338 e. The Morgan fingerprint density at radius 3 is 2.44 bits per heavy atom. The van der Waals surface area contributed by atoms with E-state index in [2.05, 4.69) is 0 Å². The van der Waals surface area contributed by atoms with Crippen molar-refractivity contribution in [3.05, 3.63) is 66.1 Å². The minimum Gasteiger partial charge on any atom is -0.338 e. The number of amides is 1. The first-order chi connectivity index (χ1) is 15.4. The molecular weight excluding hydrogens is 427 g/mol. The van der Waals surface area contributed by atoms with Crippen molar-refractivity contribution in [1.29, 1.82) is 0 Å². The second-order valence-corrected chi connectivity index (χ2v) is 10.5. The second-order valence-electron chi connectivity index (χ2n) is 8.50. The van der Waals surface area contributed by atoms with Gasteiger partial charge in [-0.1, -0.05) is 49.6 Å². The Hall–Kier alpha value is -2.67. The van der Waals surface area contributed by atoms with E-state index in [-0.39, 0.29) is 29.1 Å². The molecule has 0 spiro atoms. The Bertz CT molecular complexity index is 1200. The molecule has 1 aromatic heterocycles. The Labute approximate surface area is 188 Å². The van der Waals surface area contributed by atoms with Gasteiger partial charge in [-0.05, 0) is 43.5 Å². The average Bonchev–Trinajstić information content (AvgIpc) is 3.16. The predicted octanol–water partition coefficient (Wildman–Crippen LogP) is 4.94. The number of fused-ring (bicyclic) bond motifs is 1. The van der Waals surface area contributed by atoms with Crippen LogP contribution >= 0.6 is 0 Å². The van der Waals surface area contributed by atoms with Gasteiger partial charge in [0.15, 0.2) is 9.84 Å². The van der Waals surface area contributed by atoms with E-state index in [1.807, 2.05) is 24.0 Å². The number of rotatable bonds is 7. The highest BCUT2D eigenvalue weighted by Crippen LogP contribution is 2.29. The molecule has 0 atom stereocenters. The van der Waals surface area contributed by atoms with Gasteiger partial charge in [0, 0.05) is 29.7 Å². The molecule has 1 aliphatic rings. The summed E-state index contributed by atoms with van der Waals surface area (Å²) in [6.45, 7) is 2.76. The molecule has 1 saturated carbocycles. The fourth-order valence-electron chi connectivity index (χ4n) is 4.74. The number of para-hydroxylation sites is 1. The van der Waals surface area contributed by atoms with E-state index in [9.17, 15) is 17.6 Å². The molecule has 1 fully saturated rings. The number of aromatic nitrogens is 1. The molecule has 1 heterocycles. The molecule has 7 heteroatoms. The zero-order valence-corrected chi connectivity index (χ0v) is 19.2. The van der Waals surface area contributed by atoms with E-state index >= 15 is 0 Å². The quantitative estimate of drug-likeness (QED) is 0.506. The van der Waals surface area contributed by atoms with Gasteiger partial charge in [0.05, 0.1) is 10.6 Å². The summed E-state index contributed by atoms with van der Waals surface area (Å²) in [6.07, 6.45) is 7.15. The minimum absolute atomic E-state index is 0.0163. The van der Waals surface area contributed by atoms with Crippen LogP contribution in [0.25, 0.3) is 10.9 Å². The molecule has 0 N–H and O–H groups in total. The fourth-order valence-corrected chi connectivity index (χ4v) is 6.32. The van der Waals surface area contributed by atoms with Crippen molar-refractivity contribution in [2.75, 3.05) is 6.54 Å². The van der Waals surface area contributed by atoms with Gasteiger partial charge in [-0.25, -0.2) is 12.8 Å². The van der Waals surface area contributed by atoms with Crippen molar-refractivity contribution in [2.45, 2.75) is 62.3 Å². The highest BCUT2D eigenvalue weighted by Gasteiger charge is 2.26. The van der Waals surface area contributed by atoms with E-state index in [1.54, 1.807) is 22.9 Å². The second kappa shape index (κ2) is 9.45. The smallest absolute Gasteiger partial charge is 0.242 e. The summed E-state index contributed by atoms with van der Waals surface area (Å²) < 4.78 is 41.4. The fraction of sp³-hybridized carbons (Fsp3) is 0.400. The summed E-state index contributed by atoms with van der Waals surface area (Å²) in [5.74, 6) is -0.611. The number of hydrogen-bond acceptors (Lipinski definition) is 3. The molecule has 2 aromatic carbocycles. The van der Waals surface area contributed by atoms with Gasteiger partial charge in [0.1, 0.15) is 12.4 Å². The molecule has 0 bridgehead atoms. The van der Waals surface area contributed by atoms with Crippen molar-refractivity contribution >= 4 is 26.6 Å². The lowest BCUT2D eigenvalue weighted by atomic mass is 9.94. The summed E-state index contributed by atoms with van der Waals surface area (Å²) >= 11 is 0. The molecule has 4 rings (SSSR count). The highest BCUT2D eigenvalue weighted by atomic mass is 32.2. The van der Waals surface area contributed by atoms with Gasteiger partial charge in [0.2, 0.25) is 5.91 Å². The molecule has 0 unspecified atom stereocenters. The van der Waals surface area contributed by atoms with Crippen LogP contribution < -0.4 is 0 Å². The molecule has 0 saturated heterocycles. The van der Waals surface area contributed by atoms with E-state index in [0.29, 0.717) is 17.5 Å². The number of carbonyl (C=O) groups excluding carboxylic acids is 1. The Morgan fingerprint density at radius 1 is 1.06 bits per heavy atom. The monoisotopic (exact) mass is 456 g/mol. The lowest BCUT2D eigenvalue weighted by Crippen LogP contribution is -2.42. The maximum atomic E-state index is 13.2. The molecule has 3 aromatic rings. The summed E-state index contributed by atoms with van der Waals surface area (Å²) in [4.78, 5) is 15.3. The van der Waals surface area contributed by atoms with Crippen LogP contribution in [-0.4, -0.2) is 36.4 Å². The van der Waals surface area contributed by atoms with Crippen LogP contribution in [-0.2, 0) is 26.9 Å². The third-order valence-corrected chi connectivity index (χ3v) is 8.05. The lowest BCUT2D eigenvalue weighted by molar-refractivity contribution is -0.134. The van der Waals surface area contributed by atoms with Gasteiger partial charge in [0.25, 0.3) is 0 Å². The summed E-state index contributed by atoms with van der Waals surface area (Å²) in [5.41, 5.74) is 1.24. The molecular formula is C25H29FN2O3S. The van der Waals surface area contributed by atoms with Crippen LogP contribution in [0, 0.1) is 5.82 Å². The number of sulfone groups is 1. The third kappa shape index (κ3) is 4.72. The summed E-state index contributed by atoms with van der Waals surface area (Å²) in [5, 5.41) is 0.600. The third-order valence-electron chi connectivity index (χ3n) is 6.34. The predicted molar refractivity (Wildman–Crippen MR) is 123 cm³/mol. The molecule has 1 amide bonds. The van der Waals surface area contributed by atoms with Crippen LogP contribution in [0.4, 0.5) is 4.39 Å². The number of benzene rings is 2. The number of nitrogens with zero attached hydrogens (tertiary/aromatic N) is 2. The zero-order valence-electron chi connectivity index (χ0n) is 18.3. The first-order valence-electron chi connectivity index (χ1n) is 11.2. The maximum absolute atomic E-state index is 13.2. The molecule has 5 nitrogen and oxygen atoms in total. The number of carbonyl (C=O) groups is 1. The first kappa shape index (κ1) is 22.5. The summed E-state index contributed by atoms with van der Waals surface area (Å²) in [6, 6.07) is 13.0. The number of likely N-dealkylation sites (N-methyl/N-ethyl adjacent to an activating group) is 1. The van der Waals surface area contributed by atoms with Gasteiger partial charge in [-0.15, -0.1) is 0 Å². The van der Waals surface area contributed by atoms with Crippen molar-refractivity contribution in [2.24, 2.45) is 0 Å². The van der Waals surface area contributed by atoms with Crippen molar-refractivity contribution in [3.63, 3.8) is 0 Å². The molecule has 32 heavy (non-hydrogen) atoms. The zero-order chi connectivity index (χ0) is 22.7. The Balaban J connectivity index is 1.63. The van der Waals surface area contributed by atoms with Crippen LogP contribution in [0.1, 0.15) is 44.6 Å². The average molecular weight is 457 g/mol. The number of hydrogen-bond donors (Lipinski definition) is 0. The van der Waals surface area contributed by atoms with E-state index in [4.69, 9.17) is 0 Å². The maximum Gasteiger partial charge on any atom is 0.242 e. The highest BCUT2D eigenvalue weighted by molar-refractivity contribution is 7.90. The normalized spacial score (nSPS) is 15.2. The van der Waals surface area contributed by atoms with E-state index < -0.39 is 15.7 Å². The Morgan fingerprint density at radius 2 is 1.75 bits per heavy atom. The van der Waals surface area contributed by atoms with Gasteiger partial charge >= 0.3 is 0 Å². The van der Waals surface area contributed by atoms with Crippen LogP contribution in [0.5, 0.6) is 0 Å². The number of halogens is 1. The van der Waals surface area contributed by atoms with E-state index in [0.717, 1.165) is 31.2 Å². The van der Waals surface area contributed by atoms with Crippen LogP contribution in [0.15, 0.2) is 59.6 Å². The minimum atomic E-state index is -3.68. The van der Waals surface area contributed by atoms with Gasteiger partial charge < -0.3 is 9.47 Å². The van der Waals surface area contributed by atoms with Crippen LogP contribution in [0.2, 0.25) is 0 Å². The molecule has 0 radical (unpaired) electrons. The molecule has 0 aliphatic heterocycles. The standard InChI is InChI=1S/C25H29FN2O3S/c1-2-28(21-8-4-3-5-9-21)25(29)17-27-16-24(22-10-6-7-11-23(22)27)32(30,31)18-19-12-14-20(26)15-13-19/h6-7,10-16,21H,2-5,8-9,17-18H2,1H3. The van der Waals surface area contributed by atoms with Gasteiger partial charge in [-0.3, -0.25) is 4.79 Å². The van der Waals surface area contributed by atoms with Crippen LogP contribution in [0.3, 0.4) is 0 Å². The summed E-state index contributed by atoms with van der Waals surface area (Å²) in [7, 11) is -3.68. The van der Waals surface area contributed by atoms with E-state index in [1.165, 1.54) is 30.7 Å². The van der Waals surface area contributed by atoms with Crippen molar-refractivity contribution < 1.29 is 17.6 Å².